The third-order valence-corrected chi connectivity index (χ3v) is 4.15. The number of aliphatic hydroxyl groups is 1. The number of rotatable bonds is 4. The van der Waals surface area contributed by atoms with E-state index in [9.17, 15) is 19.8 Å². The number of furan rings is 2. The van der Waals surface area contributed by atoms with Gasteiger partial charge in [0.25, 0.3) is 5.91 Å². The minimum atomic E-state index is -1.04. The Kier molecular flexibility index (Phi) is 3.62. The van der Waals surface area contributed by atoms with Gasteiger partial charge < -0.3 is 19.0 Å². The molecule has 7 nitrogen and oxygen atoms in total. The molecule has 0 fully saturated rings. The molecule has 1 atom stereocenters. The molecule has 1 aliphatic heterocycles. The number of anilines is 1. The number of hydrogen-bond acceptors (Lipinski definition) is 6. The first kappa shape index (κ1) is 15.8. The summed E-state index contributed by atoms with van der Waals surface area (Å²) in [5.41, 5.74) is -0.0316. The molecule has 7 heteroatoms. The van der Waals surface area contributed by atoms with Gasteiger partial charge in [-0.1, -0.05) is 12.1 Å². The summed E-state index contributed by atoms with van der Waals surface area (Å²) >= 11 is 0. The second kappa shape index (κ2) is 5.96. The molecule has 1 amide bonds. The Morgan fingerprint density at radius 1 is 0.962 bits per heavy atom. The number of phenols is 1. The average molecular weight is 351 g/mol. The lowest BCUT2D eigenvalue weighted by atomic mass is 9.99. The summed E-state index contributed by atoms with van der Waals surface area (Å²) in [5.74, 6) is -2.09. The molecule has 0 radical (unpaired) electrons. The molecule has 0 saturated carbocycles. The van der Waals surface area contributed by atoms with Crippen LogP contribution in [0.1, 0.15) is 22.4 Å². The van der Waals surface area contributed by atoms with Crippen molar-refractivity contribution in [3.05, 3.63) is 83.9 Å². The number of carbonyl (C=O) groups excluding carboxylic acids is 2. The first-order valence-corrected chi connectivity index (χ1v) is 7.76. The molecule has 3 aromatic rings. The molecule has 2 aromatic heterocycles. The maximum atomic E-state index is 12.8. The van der Waals surface area contributed by atoms with E-state index >= 15 is 0 Å². The Morgan fingerprint density at radius 2 is 1.69 bits per heavy atom. The molecule has 0 spiro atoms. The number of aliphatic hydroxyl groups excluding tert-OH is 1. The fourth-order valence-corrected chi connectivity index (χ4v) is 3.01. The summed E-state index contributed by atoms with van der Waals surface area (Å²) in [7, 11) is 0. The zero-order valence-corrected chi connectivity index (χ0v) is 13.3. The molecular formula is C19H13NO6. The highest BCUT2D eigenvalue weighted by Gasteiger charge is 2.47. The van der Waals surface area contributed by atoms with Crippen LogP contribution in [0.15, 0.2) is 81.2 Å². The van der Waals surface area contributed by atoms with Crippen LogP contribution in [-0.4, -0.2) is 21.9 Å². The number of ketones is 1. The summed E-state index contributed by atoms with van der Waals surface area (Å²) < 4.78 is 10.5. The van der Waals surface area contributed by atoms with Crippen LogP contribution in [0, 0.1) is 0 Å². The normalized spacial score (nSPS) is 17.2. The highest BCUT2D eigenvalue weighted by atomic mass is 16.3. The van der Waals surface area contributed by atoms with Gasteiger partial charge in [-0.3, -0.25) is 14.5 Å². The van der Waals surface area contributed by atoms with Gasteiger partial charge in [0.05, 0.1) is 23.8 Å². The quantitative estimate of drug-likeness (QED) is 0.699. The zero-order chi connectivity index (χ0) is 18.3. The zero-order valence-electron chi connectivity index (χ0n) is 13.3. The fraction of sp³-hybridized carbons (Fsp3) is 0.0526. The molecule has 0 aliphatic carbocycles. The standard InChI is InChI=1S/C19H13NO6/c21-12-6-2-1-5-11(12)20-16(13-7-3-9-25-13)15(18(23)19(20)24)17(22)14-8-4-10-26-14/h1-10,16,21,23H. The van der Waals surface area contributed by atoms with Crippen molar-refractivity contribution in [2.45, 2.75) is 6.04 Å². The van der Waals surface area contributed by atoms with E-state index in [1.807, 2.05) is 0 Å². The molecule has 3 heterocycles. The van der Waals surface area contributed by atoms with Crippen molar-refractivity contribution in [1.82, 2.24) is 0 Å². The monoisotopic (exact) mass is 351 g/mol. The van der Waals surface area contributed by atoms with E-state index in [1.54, 1.807) is 24.3 Å². The van der Waals surface area contributed by atoms with E-state index < -0.39 is 23.5 Å². The Morgan fingerprint density at radius 3 is 2.35 bits per heavy atom. The van der Waals surface area contributed by atoms with Gasteiger partial charge in [0.2, 0.25) is 5.78 Å². The summed E-state index contributed by atoms with van der Waals surface area (Å²) in [6.07, 6.45) is 2.72. The second-order valence-electron chi connectivity index (χ2n) is 5.65. The van der Waals surface area contributed by atoms with Crippen molar-refractivity contribution in [2.75, 3.05) is 4.90 Å². The van der Waals surface area contributed by atoms with Crippen molar-refractivity contribution in [1.29, 1.82) is 0 Å². The lowest BCUT2D eigenvalue weighted by molar-refractivity contribution is -0.117. The van der Waals surface area contributed by atoms with Crippen molar-refractivity contribution < 1.29 is 28.6 Å². The molecule has 0 bridgehead atoms. The van der Waals surface area contributed by atoms with Gasteiger partial charge in [0.15, 0.2) is 11.5 Å². The van der Waals surface area contributed by atoms with Crippen LogP contribution in [0.2, 0.25) is 0 Å². The van der Waals surface area contributed by atoms with Crippen LogP contribution in [0.3, 0.4) is 0 Å². The Labute approximate surface area is 147 Å². The van der Waals surface area contributed by atoms with E-state index in [4.69, 9.17) is 8.83 Å². The SMILES string of the molecule is O=C(C1=C(O)C(=O)N(c2ccccc2O)C1c1ccco1)c1ccco1. The number of amides is 1. The minimum Gasteiger partial charge on any atom is -0.506 e. The first-order valence-electron chi connectivity index (χ1n) is 7.76. The molecule has 1 aliphatic rings. The molecule has 1 aromatic carbocycles. The number of nitrogens with zero attached hydrogens (tertiary/aromatic N) is 1. The first-order chi connectivity index (χ1) is 12.6. The van der Waals surface area contributed by atoms with E-state index in [0.29, 0.717) is 0 Å². The second-order valence-corrected chi connectivity index (χ2v) is 5.65. The lowest BCUT2D eigenvalue weighted by Crippen LogP contribution is -2.30. The third kappa shape index (κ3) is 2.29. The van der Waals surface area contributed by atoms with Crippen molar-refractivity contribution >= 4 is 17.4 Å². The molecule has 0 saturated heterocycles. The van der Waals surface area contributed by atoms with Crippen molar-refractivity contribution in [3.63, 3.8) is 0 Å². The van der Waals surface area contributed by atoms with Gasteiger partial charge in [-0.05, 0) is 36.4 Å². The van der Waals surface area contributed by atoms with Crippen LogP contribution in [0.25, 0.3) is 0 Å². The van der Waals surface area contributed by atoms with Gasteiger partial charge in [0.1, 0.15) is 17.6 Å². The maximum absolute atomic E-state index is 12.8. The summed E-state index contributed by atoms with van der Waals surface area (Å²) in [6, 6.07) is 11.3. The fourth-order valence-electron chi connectivity index (χ4n) is 3.01. The van der Waals surface area contributed by atoms with Crippen molar-refractivity contribution in [3.8, 4) is 5.75 Å². The van der Waals surface area contributed by atoms with E-state index in [-0.39, 0.29) is 28.5 Å². The van der Waals surface area contributed by atoms with Crippen LogP contribution in [0.4, 0.5) is 5.69 Å². The van der Waals surface area contributed by atoms with Crippen LogP contribution < -0.4 is 4.90 Å². The van der Waals surface area contributed by atoms with E-state index in [1.165, 1.54) is 36.8 Å². The topological polar surface area (TPSA) is 104 Å². The predicted molar refractivity (Wildman–Crippen MR) is 89.7 cm³/mol. The molecule has 2 N–H and O–H groups in total. The van der Waals surface area contributed by atoms with Crippen LogP contribution in [-0.2, 0) is 4.79 Å². The predicted octanol–water partition coefficient (Wildman–Crippen LogP) is 3.36. The van der Waals surface area contributed by atoms with Gasteiger partial charge in [-0.25, -0.2) is 0 Å². The number of phenolic OH excluding ortho intramolecular Hbond substituents is 1. The van der Waals surface area contributed by atoms with Gasteiger partial charge in [-0.15, -0.1) is 0 Å². The minimum absolute atomic E-state index is 0.0185. The molecular weight excluding hydrogens is 338 g/mol. The number of hydrogen-bond donors (Lipinski definition) is 2. The number of aromatic hydroxyl groups is 1. The molecule has 130 valence electrons. The van der Waals surface area contributed by atoms with E-state index in [2.05, 4.69) is 0 Å². The smallest absolute Gasteiger partial charge is 0.294 e. The van der Waals surface area contributed by atoms with Crippen LogP contribution in [0.5, 0.6) is 5.75 Å². The lowest BCUT2D eigenvalue weighted by Gasteiger charge is -2.25. The summed E-state index contributed by atoms with van der Waals surface area (Å²) in [4.78, 5) is 26.7. The molecule has 26 heavy (non-hydrogen) atoms. The summed E-state index contributed by atoms with van der Waals surface area (Å²) in [5, 5.41) is 20.6. The Balaban J connectivity index is 1.89. The van der Waals surface area contributed by atoms with Crippen LogP contribution >= 0.6 is 0 Å². The number of Topliss-reactive ketones (excluding diaryl/α,β-unsaturated/α-hetero) is 1. The van der Waals surface area contributed by atoms with Gasteiger partial charge in [-0.2, -0.15) is 0 Å². The Hall–Kier alpha value is -3.74. The summed E-state index contributed by atoms with van der Waals surface area (Å²) in [6.45, 7) is 0. The Bertz CT molecular complexity index is 1000. The van der Waals surface area contributed by atoms with E-state index in [0.717, 1.165) is 4.90 Å². The molecule has 4 rings (SSSR count). The number of carbonyl (C=O) groups is 2. The number of benzene rings is 1. The largest absolute Gasteiger partial charge is 0.506 e. The van der Waals surface area contributed by atoms with Gasteiger partial charge >= 0.3 is 0 Å². The van der Waals surface area contributed by atoms with Gasteiger partial charge in [0, 0.05) is 0 Å². The maximum Gasteiger partial charge on any atom is 0.294 e. The molecule has 1 unspecified atom stereocenters. The van der Waals surface area contributed by atoms with Crippen molar-refractivity contribution in [2.24, 2.45) is 0 Å². The average Bonchev–Trinajstić information content (AvgIpc) is 3.38. The number of para-hydroxylation sites is 2. The highest BCUT2D eigenvalue weighted by Crippen LogP contribution is 2.44. The highest BCUT2D eigenvalue weighted by molar-refractivity contribution is 6.20. The third-order valence-electron chi connectivity index (χ3n) is 4.15.